The molecule has 0 radical (unpaired) electrons. The smallest absolute Gasteiger partial charge is 0.317 e. The molecule has 12 heavy (non-hydrogen) atoms. The van der Waals surface area contributed by atoms with Crippen LogP contribution in [0.25, 0.3) is 0 Å². The third-order valence-electron chi connectivity index (χ3n) is 1.51. The predicted molar refractivity (Wildman–Crippen MR) is 53.1 cm³/mol. The van der Waals surface area contributed by atoms with Gasteiger partial charge in [-0.25, -0.2) is 4.79 Å². The number of hydrogen-bond donors (Lipinski definition) is 2. The molecule has 2 amide bonds. The summed E-state index contributed by atoms with van der Waals surface area (Å²) in [6.45, 7) is 3.17. The van der Waals surface area contributed by atoms with Crippen molar-refractivity contribution in [2.45, 2.75) is 13.3 Å². The molecule has 0 aromatic heterocycles. The lowest BCUT2D eigenvalue weighted by Gasteiger charge is -2.19. The molecule has 0 unspecified atom stereocenters. The summed E-state index contributed by atoms with van der Waals surface area (Å²) < 4.78 is 0. The van der Waals surface area contributed by atoms with E-state index in [-0.39, 0.29) is 6.03 Å². The second-order valence-corrected chi connectivity index (χ2v) is 2.88. The second kappa shape index (κ2) is 5.77. The van der Waals surface area contributed by atoms with E-state index in [2.05, 4.69) is 5.32 Å². The average Bonchev–Trinajstić information content (AvgIpc) is 2.04. The van der Waals surface area contributed by atoms with Crippen LogP contribution in [0.5, 0.6) is 0 Å². The topological polar surface area (TPSA) is 58.4 Å². The quantitative estimate of drug-likeness (QED) is 0.626. The number of thiocarbonyl (C=S) groups is 1. The lowest BCUT2D eigenvalue weighted by atomic mass is 10.4. The fraction of sp³-hybridized carbons (Fsp3) is 0.714. The summed E-state index contributed by atoms with van der Waals surface area (Å²) in [7, 11) is 1.60. The van der Waals surface area contributed by atoms with Crippen molar-refractivity contribution in [3.8, 4) is 0 Å². The van der Waals surface area contributed by atoms with Crippen molar-refractivity contribution in [1.29, 1.82) is 0 Å². The van der Waals surface area contributed by atoms with Gasteiger partial charge < -0.3 is 16.0 Å². The molecule has 0 spiro atoms. The molecule has 5 heteroatoms. The highest BCUT2D eigenvalue weighted by Crippen LogP contribution is 1.91. The number of carbonyl (C=O) groups is 1. The molecule has 0 saturated heterocycles. The third-order valence-corrected chi connectivity index (χ3v) is 1.72. The highest BCUT2D eigenvalue weighted by molar-refractivity contribution is 7.80. The van der Waals surface area contributed by atoms with Gasteiger partial charge in [0, 0.05) is 26.6 Å². The van der Waals surface area contributed by atoms with Crippen LogP contribution in [0.15, 0.2) is 0 Å². The van der Waals surface area contributed by atoms with E-state index < -0.39 is 0 Å². The Labute approximate surface area is 78.1 Å². The molecule has 0 saturated carbocycles. The Morgan fingerprint density at radius 3 is 2.58 bits per heavy atom. The van der Waals surface area contributed by atoms with E-state index >= 15 is 0 Å². The second-order valence-electron chi connectivity index (χ2n) is 2.35. The maximum absolute atomic E-state index is 11.1. The molecule has 0 aliphatic rings. The minimum Gasteiger partial charge on any atom is -0.393 e. The van der Waals surface area contributed by atoms with Crippen molar-refractivity contribution in [2.75, 3.05) is 20.1 Å². The molecule has 0 aliphatic heterocycles. The predicted octanol–water partition coefficient (Wildman–Crippen LogP) is 0.324. The summed E-state index contributed by atoms with van der Waals surface area (Å²) in [5, 5.41) is 2.54. The number of nitrogens with one attached hydrogen (secondary N) is 1. The van der Waals surface area contributed by atoms with Gasteiger partial charge in [0.2, 0.25) is 0 Å². The molecule has 0 aliphatic carbocycles. The Kier molecular flexibility index (Phi) is 5.36. The molecule has 0 aromatic rings. The normalized spacial score (nSPS) is 9.17. The van der Waals surface area contributed by atoms with Crippen LogP contribution in [0, 0.1) is 0 Å². The van der Waals surface area contributed by atoms with Crippen molar-refractivity contribution in [1.82, 2.24) is 10.2 Å². The summed E-state index contributed by atoms with van der Waals surface area (Å²) in [5.74, 6) is 0. The van der Waals surface area contributed by atoms with E-state index in [1.165, 1.54) is 0 Å². The first-order chi connectivity index (χ1) is 5.61. The fourth-order valence-electron chi connectivity index (χ4n) is 0.807. The largest absolute Gasteiger partial charge is 0.393 e. The molecule has 0 fully saturated rings. The summed E-state index contributed by atoms with van der Waals surface area (Å²) in [6, 6.07) is -0.0891. The van der Waals surface area contributed by atoms with Crippen molar-refractivity contribution < 1.29 is 4.79 Å². The van der Waals surface area contributed by atoms with Gasteiger partial charge in [-0.05, 0) is 6.92 Å². The van der Waals surface area contributed by atoms with E-state index in [4.69, 9.17) is 18.0 Å². The molecule has 0 bridgehead atoms. The standard InChI is InChI=1S/C7H15N3OS/c1-3-10(7(11)9-2)5-4-6(8)12/h3-5H2,1-2H3,(H2,8,12)(H,9,11). The molecular formula is C7H15N3OS. The van der Waals surface area contributed by atoms with E-state index in [1.807, 2.05) is 6.92 Å². The van der Waals surface area contributed by atoms with Crippen LogP contribution in [0.3, 0.4) is 0 Å². The molecule has 0 heterocycles. The van der Waals surface area contributed by atoms with Gasteiger partial charge in [0.25, 0.3) is 0 Å². The Bertz CT molecular complexity index is 172. The Morgan fingerprint density at radius 2 is 2.25 bits per heavy atom. The van der Waals surface area contributed by atoms with Crippen molar-refractivity contribution in [3.63, 3.8) is 0 Å². The number of nitrogens with zero attached hydrogens (tertiary/aromatic N) is 1. The van der Waals surface area contributed by atoms with Crippen molar-refractivity contribution in [3.05, 3.63) is 0 Å². The molecule has 3 N–H and O–H groups in total. The van der Waals surface area contributed by atoms with Crippen molar-refractivity contribution in [2.24, 2.45) is 5.73 Å². The maximum Gasteiger partial charge on any atom is 0.317 e. The van der Waals surface area contributed by atoms with Crippen LogP contribution in [-0.2, 0) is 0 Å². The van der Waals surface area contributed by atoms with E-state index in [1.54, 1.807) is 11.9 Å². The first kappa shape index (κ1) is 11.2. The van der Waals surface area contributed by atoms with Gasteiger partial charge in [-0.3, -0.25) is 0 Å². The van der Waals surface area contributed by atoms with E-state index in [0.717, 1.165) is 0 Å². The lowest BCUT2D eigenvalue weighted by Crippen LogP contribution is -2.39. The van der Waals surface area contributed by atoms with Crippen LogP contribution in [0.1, 0.15) is 13.3 Å². The van der Waals surface area contributed by atoms with Crippen LogP contribution < -0.4 is 11.1 Å². The lowest BCUT2D eigenvalue weighted by molar-refractivity contribution is 0.204. The maximum atomic E-state index is 11.1. The van der Waals surface area contributed by atoms with Crippen LogP contribution >= 0.6 is 12.2 Å². The van der Waals surface area contributed by atoms with Crippen LogP contribution in [0.2, 0.25) is 0 Å². The number of nitrogens with two attached hydrogens (primary N) is 1. The third kappa shape index (κ3) is 4.12. The van der Waals surface area contributed by atoms with Gasteiger partial charge in [0.15, 0.2) is 0 Å². The number of rotatable bonds is 4. The van der Waals surface area contributed by atoms with Gasteiger partial charge in [-0.1, -0.05) is 12.2 Å². The Balaban J connectivity index is 3.83. The highest BCUT2D eigenvalue weighted by atomic mass is 32.1. The number of hydrogen-bond acceptors (Lipinski definition) is 2. The molecule has 0 rings (SSSR count). The Morgan fingerprint density at radius 1 is 1.67 bits per heavy atom. The highest BCUT2D eigenvalue weighted by Gasteiger charge is 2.08. The average molecular weight is 189 g/mol. The molecule has 4 nitrogen and oxygen atoms in total. The zero-order chi connectivity index (χ0) is 9.56. The SMILES string of the molecule is CCN(CCC(N)=S)C(=O)NC. The first-order valence-corrected chi connectivity index (χ1v) is 4.27. The van der Waals surface area contributed by atoms with Crippen LogP contribution in [-0.4, -0.2) is 36.1 Å². The number of urea groups is 1. The molecule has 70 valence electrons. The van der Waals surface area contributed by atoms with Gasteiger partial charge >= 0.3 is 6.03 Å². The summed E-state index contributed by atoms with van der Waals surface area (Å²) >= 11 is 4.70. The monoisotopic (exact) mass is 189 g/mol. The molecule has 0 aromatic carbocycles. The van der Waals surface area contributed by atoms with E-state index in [9.17, 15) is 4.79 Å². The Hall–Kier alpha value is -0.840. The zero-order valence-corrected chi connectivity index (χ0v) is 8.28. The van der Waals surface area contributed by atoms with Gasteiger partial charge in [0.05, 0.1) is 4.99 Å². The number of carbonyl (C=O) groups excluding carboxylic acids is 1. The number of amides is 2. The van der Waals surface area contributed by atoms with Gasteiger partial charge in [0.1, 0.15) is 0 Å². The fourth-order valence-corrected chi connectivity index (χ4v) is 0.898. The van der Waals surface area contributed by atoms with Crippen LogP contribution in [0.4, 0.5) is 4.79 Å². The minimum absolute atomic E-state index is 0.0891. The summed E-state index contributed by atoms with van der Waals surface area (Å²) in [5.41, 5.74) is 5.31. The van der Waals surface area contributed by atoms with Gasteiger partial charge in [-0.2, -0.15) is 0 Å². The molecular weight excluding hydrogens is 174 g/mol. The summed E-state index contributed by atoms with van der Waals surface area (Å²) in [4.78, 5) is 13.2. The zero-order valence-electron chi connectivity index (χ0n) is 7.46. The first-order valence-electron chi connectivity index (χ1n) is 3.86. The van der Waals surface area contributed by atoms with E-state index in [0.29, 0.717) is 24.5 Å². The van der Waals surface area contributed by atoms with Crippen molar-refractivity contribution >= 4 is 23.2 Å². The minimum atomic E-state index is -0.0891. The van der Waals surface area contributed by atoms with Gasteiger partial charge in [-0.15, -0.1) is 0 Å². The summed E-state index contributed by atoms with van der Waals surface area (Å²) in [6.07, 6.45) is 0.580. The molecule has 0 atom stereocenters.